The van der Waals surface area contributed by atoms with Crippen LogP contribution in [-0.4, -0.2) is 40.9 Å². The first-order valence-corrected chi connectivity index (χ1v) is 10.6. The number of hydrogen-bond donors (Lipinski definition) is 0. The number of ether oxygens (including phenoxy) is 1. The highest BCUT2D eigenvalue weighted by molar-refractivity contribution is 5.98. The number of methoxy groups -OCH3 is 1. The van der Waals surface area contributed by atoms with Gasteiger partial charge in [0.2, 0.25) is 0 Å². The molecule has 1 fully saturated rings. The number of benzene rings is 2. The average Bonchev–Trinajstić information content (AvgIpc) is 2.73. The third-order valence-corrected chi connectivity index (χ3v) is 6.04. The quantitative estimate of drug-likeness (QED) is 0.580. The first-order valence-electron chi connectivity index (χ1n) is 10.6. The molecule has 0 saturated carbocycles. The summed E-state index contributed by atoms with van der Waals surface area (Å²) in [6.45, 7) is 8.49. The van der Waals surface area contributed by atoms with Crippen molar-refractivity contribution in [2.24, 2.45) is 5.92 Å². The van der Waals surface area contributed by atoms with Crippen LogP contribution in [0.2, 0.25) is 0 Å². The van der Waals surface area contributed by atoms with Crippen LogP contribution >= 0.6 is 0 Å². The molecule has 3 aromatic rings. The molecule has 1 unspecified atom stereocenters. The van der Waals surface area contributed by atoms with Crippen LogP contribution in [0, 0.1) is 26.7 Å². The molecule has 1 atom stereocenters. The lowest BCUT2D eigenvalue weighted by Gasteiger charge is -2.32. The summed E-state index contributed by atoms with van der Waals surface area (Å²) in [7, 11) is 1.67. The average molecular weight is 404 g/mol. The molecule has 5 heteroatoms. The highest BCUT2D eigenvalue weighted by Gasteiger charge is 2.28. The number of piperidine rings is 1. The Morgan fingerprint density at radius 2 is 1.77 bits per heavy atom. The standard InChI is InChI=1S/C25H29N3O2/c1-16-12-20(13-17(2)25(16)30-4)24(29)19-8-7-11-28(14-19)15-23-18(3)26-21-9-5-6-10-22(21)27-23/h5-6,9-10,12-13,19H,7-8,11,14-15H2,1-4H3. The summed E-state index contributed by atoms with van der Waals surface area (Å²) in [6, 6.07) is 11.9. The van der Waals surface area contributed by atoms with E-state index in [1.165, 1.54) is 0 Å². The Morgan fingerprint density at radius 1 is 1.10 bits per heavy atom. The second kappa shape index (κ2) is 8.52. The predicted molar refractivity (Wildman–Crippen MR) is 119 cm³/mol. The van der Waals surface area contributed by atoms with Crippen molar-refractivity contribution >= 4 is 16.8 Å². The summed E-state index contributed by atoms with van der Waals surface area (Å²) in [5.74, 6) is 1.11. The number of likely N-dealkylation sites (tertiary alicyclic amines) is 1. The number of nitrogens with zero attached hydrogens (tertiary/aromatic N) is 3. The van der Waals surface area contributed by atoms with Crippen LogP contribution in [0.1, 0.15) is 45.7 Å². The number of fused-ring (bicyclic) bond motifs is 1. The van der Waals surface area contributed by atoms with Gasteiger partial charge in [0.15, 0.2) is 5.78 Å². The van der Waals surface area contributed by atoms with E-state index in [9.17, 15) is 4.79 Å². The van der Waals surface area contributed by atoms with E-state index in [1.807, 2.05) is 57.2 Å². The second-order valence-electron chi connectivity index (χ2n) is 8.33. The number of carbonyl (C=O) groups is 1. The van der Waals surface area contributed by atoms with Crippen LogP contribution in [0.4, 0.5) is 0 Å². The smallest absolute Gasteiger partial charge is 0.167 e. The minimum Gasteiger partial charge on any atom is -0.496 e. The Morgan fingerprint density at radius 3 is 2.43 bits per heavy atom. The highest BCUT2D eigenvalue weighted by Crippen LogP contribution is 2.28. The molecule has 0 amide bonds. The van der Waals surface area contributed by atoms with Crippen molar-refractivity contribution in [3.8, 4) is 5.75 Å². The van der Waals surface area contributed by atoms with E-state index in [-0.39, 0.29) is 11.7 Å². The molecule has 0 aliphatic carbocycles. The number of rotatable bonds is 5. The molecule has 1 saturated heterocycles. The van der Waals surface area contributed by atoms with E-state index < -0.39 is 0 Å². The van der Waals surface area contributed by atoms with Gasteiger partial charge >= 0.3 is 0 Å². The van der Waals surface area contributed by atoms with E-state index in [1.54, 1.807) is 7.11 Å². The zero-order chi connectivity index (χ0) is 21.3. The molecule has 1 aromatic heterocycles. The van der Waals surface area contributed by atoms with Gasteiger partial charge < -0.3 is 4.74 Å². The fraction of sp³-hybridized carbons (Fsp3) is 0.400. The van der Waals surface area contributed by atoms with E-state index in [0.29, 0.717) is 0 Å². The molecule has 156 valence electrons. The number of para-hydroxylation sites is 2. The summed E-state index contributed by atoms with van der Waals surface area (Å²) >= 11 is 0. The molecule has 2 heterocycles. The number of ketones is 1. The maximum absolute atomic E-state index is 13.2. The zero-order valence-corrected chi connectivity index (χ0v) is 18.2. The van der Waals surface area contributed by atoms with E-state index >= 15 is 0 Å². The van der Waals surface area contributed by atoms with Crippen molar-refractivity contribution in [3.05, 3.63) is 64.5 Å². The molecule has 0 spiro atoms. The molecule has 30 heavy (non-hydrogen) atoms. The summed E-state index contributed by atoms with van der Waals surface area (Å²) in [5.41, 5.74) is 6.62. The SMILES string of the molecule is COc1c(C)cc(C(=O)C2CCCN(Cc3nc4ccccc4nc3C)C2)cc1C. The maximum Gasteiger partial charge on any atom is 0.167 e. The van der Waals surface area contributed by atoms with Crippen molar-refractivity contribution < 1.29 is 9.53 Å². The molecule has 5 nitrogen and oxygen atoms in total. The Hall–Kier alpha value is -2.79. The van der Waals surface area contributed by atoms with E-state index in [4.69, 9.17) is 14.7 Å². The summed E-state index contributed by atoms with van der Waals surface area (Å²) in [4.78, 5) is 25.1. The van der Waals surface area contributed by atoms with Crippen LogP contribution < -0.4 is 4.74 Å². The van der Waals surface area contributed by atoms with E-state index in [2.05, 4.69) is 4.90 Å². The van der Waals surface area contributed by atoms with E-state index in [0.717, 1.165) is 77.3 Å². The molecular formula is C25H29N3O2. The van der Waals surface area contributed by atoms with Gasteiger partial charge in [0, 0.05) is 24.6 Å². The number of aryl methyl sites for hydroxylation is 3. The Bertz CT molecular complexity index is 1070. The lowest BCUT2D eigenvalue weighted by atomic mass is 9.88. The Kier molecular flexibility index (Phi) is 5.82. The molecule has 0 bridgehead atoms. The van der Waals surface area contributed by atoms with Gasteiger partial charge in [0.05, 0.1) is 29.5 Å². The number of hydrogen-bond acceptors (Lipinski definition) is 5. The molecule has 1 aliphatic rings. The van der Waals surface area contributed by atoms with Gasteiger partial charge in [-0.15, -0.1) is 0 Å². The van der Waals surface area contributed by atoms with Crippen LogP contribution in [-0.2, 0) is 6.54 Å². The lowest BCUT2D eigenvalue weighted by Crippen LogP contribution is -2.38. The van der Waals surface area contributed by atoms with Crippen LogP contribution in [0.15, 0.2) is 36.4 Å². The molecule has 1 aliphatic heterocycles. The Balaban J connectivity index is 1.51. The second-order valence-corrected chi connectivity index (χ2v) is 8.33. The molecule has 0 N–H and O–H groups in total. The normalized spacial score (nSPS) is 17.3. The third-order valence-electron chi connectivity index (χ3n) is 6.04. The van der Waals surface area contributed by atoms with Crippen LogP contribution in [0.25, 0.3) is 11.0 Å². The summed E-state index contributed by atoms with van der Waals surface area (Å²) in [5, 5.41) is 0. The van der Waals surface area contributed by atoms with Gasteiger partial charge in [-0.2, -0.15) is 0 Å². The van der Waals surface area contributed by atoms with Crippen LogP contribution in [0.5, 0.6) is 5.75 Å². The largest absolute Gasteiger partial charge is 0.496 e. The fourth-order valence-corrected chi connectivity index (χ4v) is 4.55. The van der Waals surface area contributed by atoms with Gasteiger partial charge in [-0.05, 0) is 75.5 Å². The van der Waals surface area contributed by atoms with Gasteiger partial charge in [-0.1, -0.05) is 12.1 Å². The Labute approximate surface area is 178 Å². The predicted octanol–water partition coefficient (Wildman–Crippen LogP) is 4.66. The summed E-state index contributed by atoms with van der Waals surface area (Å²) < 4.78 is 5.45. The minimum atomic E-state index is 0.0136. The lowest BCUT2D eigenvalue weighted by molar-refractivity contribution is 0.0809. The molecule has 4 rings (SSSR count). The number of Topliss-reactive ketones (excluding diaryl/α,β-unsaturated/α-hetero) is 1. The first-order chi connectivity index (χ1) is 14.5. The van der Waals surface area contributed by atoms with Gasteiger partial charge in [0.25, 0.3) is 0 Å². The van der Waals surface area contributed by atoms with Crippen molar-refractivity contribution in [3.63, 3.8) is 0 Å². The van der Waals surface area contributed by atoms with Gasteiger partial charge in [-0.3, -0.25) is 9.69 Å². The zero-order valence-electron chi connectivity index (χ0n) is 18.2. The molecule has 0 radical (unpaired) electrons. The monoisotopic (exact) mass is 403 g/mol. The minimum absolute atomic E-state index is 0.0136. The van der Waals surface area contributed by atoms with Crippen molar-refractivity contribution in [2.45, 2.75) is 40.2 Å². The summed E-state index contributed by atoms with van der Waals surface area (Å²) in [6.07, 6.45) is 1.95. The van der Waals surface area contributed by atoms with Crippen molar-refractivity contribution in [1.29, 1.82) is 0 Å². The van der Waals surface area contributed by atoms with Gasteiger partial charge in [-0.25, -0.2) is 9.97 Å². The fourth-order valence-electron chi connectivity index (χ4n) is 4.55. The third kappa shape index (κ3) is 4.08. The number of aromatic nitrogens is 2. The first kappa shape index (κ1) is 20.5. The number of carbonyl (C=O) groups excluding carboxylic acids is 1. The molecular weight excluding hydrogens is 374 g/mol. The van der Waals surface area contributed by atoms with Crippen molar-refractivity contribution in [1.82, 2.24) is 14.9 Å². The van der Waals surface area contributed by atoms with Gasteiger partial charge in [0.1, 0.15) is 5.75 Å². The van der Waals surface area contributed by atoms with Crippen LogP contribution in [0.3, 0.4) is 0 Å². The highest BCUT2D eigenvalue weighted by atomic mass is 16.5. The topological polar surface area (TPSA) is 55.3 Å². The molecule has 2 aromatic carbocycles. The van der Waals surface area contributed by atoms with Crippen molar-refractivity contribution in [2.75, 3.05) is 20.2 Å². The maximum atomic E-state index is 13.2.